The van der Waals surface area contributed by atoms with Gasteiger partial charge < -0.3 is 15.4 Å². The van der Waals surface area contributed by atoms with E-state index < -0.39 is 17.0 Å². The van der Waals surface area contributed by atoms with Crippen LogP contribution in [0.25, 0.3) is 0 Å². The first-order chi connectivity index (χ1) is 7.34. The van der Waals surface area contributed by atoms with Crippen molar-refractivity contribution in [2.75, 3.05) is 0 Å². The summed E-state index contributed by atoms with van der Waals surface area (Å²) in [5, 5.41) is 30.6. The molecule has 0 atom stereocenters. The molecular weight excluding hydrogens is 222 g/mol. The van der Waals surface area contributed by atoms with Gasteiger partial charge in [0, 0.05) is 0 Å². The second kappa shape index (κ2) is 5.96. The van der Waals surface area contributed by atoms with E-state index in [9.17, 15) is 9.59 Å². The Morgan fingerprint density at radius 1 is 1.00 bits per heavy atom. The van der Waals surface area contributed by atoms with Crippen LogP contribution in [-0.4, -0.2) is 32.4 Å². The fourth-order valence-corrected chi connectivity index (χ4v) is 0.755. The van der Waals surface area contributed by atoms with Gasteiger partial charge in [-0.1, -0.05) is 0 Å². The maximum absolute atomic E-state index is 10.3. The standard InChI is InChI=1S/C8H6O4.HNO3/c9-7(10)5-1-2-6(4-3-5)8(11)12;2-1(3)4/h1-4H,(H,9,10)(H,11,12);(H,2,3,4). The van der Waals surface area contributed by atoms with Crippen molar-refractivity contribution in [2.45, 2.75) is 0 Å². The number of hydrogen-bond acceptors (Lipinski definition) is 4. The number of benzene rings is 1. The van der Waals surface area contributed by atoms with E-state index in [1.165, 1.54) is 24.3 Å². The average Bonchev–Trinajstić information content (AvgIpc) is 2.17. The molecule has 0 fully saturated rings. The second-order valence-corrected chi connectivity index (χ2v) is 2.43. The minimum atomic E-state index is -1.50. The third-order valence-electron chi connectivity index (χ3n) is 1.38. The highest BCUT2D eigenvalue weighted by atomic mass is 16.9. The van der Waals surface area contributed by atoms with Gasteiger partial charge >= 0.3 is 11.9 Å². The van der Waals surface area contributed by atoms with Gasteiger partial charge in [-0.2, -0.15) is 0 Å². The van der Waals surface area contributed by atoms with Gasteiger partial charge in [-0.15, -0.1) is 10.1 Å². The minimum absolute atomic E-state index is 0.0833. The van der Waals surface area contributed by atoms with Gasteiger partial charge in [0.2, 0.25) is 0 Å². The van der Waals surface area contributed by atoms with Crippen LogP contribution in [0.2, 0.25) is 0 Å². The van der Waals surface area contributed by atoms with E-state index >= 15 is 0 Å². The van der Waals surface area contributed by atoms with Crippen LogP contribution in [0.4, 0.5) is 0 Å². The molecule has 0 aliphatic rings. The van der Waals surface area contributed by atoms with Crippen molar-refractivity contribution in [3.8, 4) is 0 Å². The maximum atomic E-state index is 10.3. The molecule has 0 amide bonds. The van der Waals surface area contributed by atoms with Crippen LogP contribution < -0.4 is 0 Å². The van der Waals surface area contributed by atoms with Gasteiger partial charge in [0.05, 0.1) is 11.1 Å². The van der Waals surface area contributed by atoms with Gasteiger partial charge in [0.1, 0.15) is 0 Å². The highest BCUT2D eigenvalue weighted by Crippen LogP contribution is 2.03. The van der Waals surface area contributed by atoms with Gasteiger partial charge in [0.25, 0.3) is 5.09 Å². The fourth-order valence-electron chi connectivity index (χ4n) is 0.755. The molecule has 86 valence electrons. The molecule has 0 bridgehead atoms. The number of carboxylic acid groups (broad SMARTS) is 2. The zero-order valence-corrected chi connectivity index (χ0v) is 7.73. The smallest absolute Gasteiger partial charge is 0.335 e. The lowest BCUT2D eigenvalue weighted by Crippen LogP contribution is -1.99. The molecule has 0 aliphatic heterocycles. The largest absolute Gasteiger partial charge is 0.478 e. The fraction of sp³-hybridized carbons (Fsp3) is 0. The van der Waals surface area contributed by atoms with E-state index in [2.05, 4.69) is 0 Å². The molecule has 0 radical (unpaired) electrons. The average molecular weight is 229 g/mol. The lowest BCUT2D eigenvalue weighted by atomic mass is 10.1. The number of carbonyl (C=O) groups is 2. The molecule has 1 aromatic rings. The van der Waals surface area contributed by atoms with E-state index in [0.29, 0.717) is 0 Å². The van der Waals surface area contributed by atoms with Gasteiger partial charge in [-0.25, -0.2) is 9.59 Å². The van der Waals surface area contributed by atoms with E-state index in [4.69, 9.17) is 25.5 Å². The molecule has 0 aliphatic carbocycles. The monoisotopic (exact) mass is 229 g/mol. The van der Waals surface area contributed by atoms with E-state index in [-0.39, 0.29) is 11.1 Å². The number of rotatable bonds is 2. The van der Waals surface area contributed by atoms with Crippen molar-refractivity contribution in [3.63, 3.8) is 0 Å². The molecule has 0 spiro atoms. The van der Waals surface area contributed by atoms with Crippen LogP contribution in [0.15, 0.2) is 24.3 Å². The molecular formula is C8H7NO7. The van der Waals surface area contributed by atoms with Crippen LogP contribution in [0.1, 0.15) is 20.7 Å². The topological polar surface area (TPSA) is 138 Å². The molecule has 1 rings (SSSR count). The van der Waals surface area contributed by atoms with Gasteiger partial charge in [0.15, 0.2) is 0 Å². The summed E-state index contributed by atoms with van der Waals surface area (Å²) >= 11 is 0. The summed E-state index contributed by atoms with van der Waals surface area (Å²) in [6.45, 7) is 0. The first-order valence-corrected chi connectivity index (χ1v) is 3.74. The molecule has 0 aromatic heterocycles. The van der Waals surface area contributed by atoms with E-state index in [0.717, 1.165) is 0 Å². The first-order valence-electron chi connectivity index (χ1n) is 3.74. The predicted octanol–water partition coefficient (Wildman–Crippen LogP) is 0.735. The van der Waals surface area contributed by atoms with Crippen LogP contribution >= 0.6 is 0 Å². The maximum Gasteiger partial charge on any atom is 0.335 e. The quantitative estimate of drug-likeness (QED) is 0.501. The van der Waals surface area contributed by atoms with Crippen molar-refractivity contribution in [1.29, 1.82) is 0 Å². The van der Waals surface area contributed by atoms with E-state index in [1.54, 1.807) is 0 Å². The van der Waals surface area contributed by atoms with Crippen LogP contribution in [0, 0.1) is 10.1 Å². The summed E-state index contributed by atoms with van der Waals surface area (Å²) in [5.74, 6) is -2.13. The molecule has 8 nitrogen and oxygen atoms in total. The number of aromatic carboxylic acids is 2. The normalized spacial score (nSPS) is 8.50. The zero-order chi connectivity index (χ0) is 12.7. The van der Waals surface area contributed by atoms with Crippen LogP contribution in [0.3, 0.4) is 0 Å². The van der Waals surface area contributed by atoms with Gasteiger partial charge in [-0.05, 0) is 24.3 Å². The van der Waals surface area contributed by atoms with Crippen LogP contribution in [0.5, 0.6) is 0 Å². The summed E-state index contributed by atoms with van der Waals surface area (Å²) in [4.78, 5) is 29.0. The van der Waals surface area contributed by atoms with Crippen molar-refractivity contribution in [3.05, 3.63) is 45.5 Å². The Kier molecular flexibility index (Phi) is 4.98. The highest BCUT2D eigenvalue weighted by molar-refractivity contribution is 5.91. The number of hydrogen-bond donors (Lipinski definition) is 3. The van der Waals surface area contributed by atoms with Crippen molar-refractivity contribution < 1.29 is 30.1 Å². The Morgan fingerprint density at radius 3 is 1.31 bits per heavy atom. The molecule has 0 heterocycles. The third kappa shape index (κ3) is 5.17. The Morgan fingerprint density at radius 2 is 1.19 bits per heavy atom. The van der Waals surface area contributed by atoms with E-state index in [1.807, 2.05) is 0 Å². The Hall–Kier alpha value is -2.64. The zero-order valence-electron chi connectivity index (χ0n) is 7.73. The summed E-state index contributed by atoms with van der Waals surface area (Å²) in [7, 11) is 0. The molecule has 0 saturated carbocycles. The van der Waals surface area contributed by atoms with Crippen molar-refractivity contribution >= 4 is 11.9 Å². The summed E-state index contributed by atoms with van der Waals surface area (Å²) < 4.78 is 0. The lowest BCUT2D eigenvalue weighted by Gasteiger charge is -1.94. The van der Waals surface area contributed by atoms with Crippen molar-refractivity contribution in [1.82, 2.24) is 0 Å². The SMILES string of the molecule is O=C(O)c1ccc(C(=O)O)cc1.O=[N+]([O-])O. The molecule has 1 aromatic carbocycles. The number of carboxylic acids is 2. The highest BCUT2D eigenvalue weighted by Gasteiger charge is 2.04. The minimum Gasteiger partial charge on any atom is -0.478 e. The Labute approximate surface area is 88.5 Å². The molecule has 3 N–H and O–H groups in total. The molecule has 8 heteroatoms. The van der Waals surface area contributed by atoms with Crippen molar-refractivity contribution in [2.24, 2.45) is 0 Å². The molecule has 0 unspecified atom stereocenters. The summed E-state index contributed by atoms with van der Waals surface area (Å²) in [6, 6.07) is 5.02. The Bertz CT molecular complexity index is 360. The Balaban J connectivity index is 0.000000487. The number of nitrogens with zero attached hydrogens (tertiary/aromatic N) is 1. The second-order valence-electron chi connectivity index (χ2n) is 2.43. The molecule has 0 saturated heterocycles. The first kappa shape index (κ1) is 13.4. The summed E-state index contributed by atoms with van der Waals surface area (Å²) in [6.07, 6.45) is 0. The molecule has 16 heavy (non-hydrogen) atoms. The lowest BCUT2D eigenvalue weighted by molar-refractivity contribution is -0.742. The van der Waals surface area contributed by atoms with Gasteiger partial charge in [-0.3, -0.25) is 0 Å². The summed E-state index contributed by atoms with van der Waals surface area (Å²) in [5.41, 5.74) is 0.167. The third-order valence-corrected chi connectivity index (χ3v) is 1.38. The van der Waals surface area contributed by atoms with Crippen LogP contribution in [-0.2, 0) is 0 Å². The predicted molar refractivity (Wildman–Crippen MR) is 49.1 cm³/mol.